The van der Waals surface area contributed by atoms with Gasteiger partial charge in [0.15, 0.2) is 6.79 Å². The molecule has 0 N–H and O–H groups in total. The van der Waals surface area contributed by atoms with Crippen LogP contribution < -0.4 is 0 Å². The molecule has 0 aromatic carbocycles. The first-order valence-corrected chi connectivity index (χ1v) is 2.75. The van der Waals surface area contributed by atoms with E-state index in [0.717, 1.165) is 7.11 Å². The molecule has 0 aromatic rings. The molecule has 0 spiro atoms. The fourth-order valence-electron chi connectivity index (χ4n) is 0.396. The molecule has 0 aliphatic heterocycles. The minimum Gasteiger partial charge on any atom is -0.357 e. The maximum atomic E-state index is 11.6. The van der Waals surface area contributed by atoms with Crippen LogP contribution in [0.5, 0.6) is 0 Å². The second kappa shape index (κ2) is 4.11. The van der Waals surface area contributed by atoms with Gasteiger partial charge in [-0.15, -0.1) is 0 Å². The van der Waals surface area contributed by atoms with Crippen molar-refractivity contribution in [3.63, 3.8) is 0 Å². The van der Waals surface area contributed by atoms with Crippen LogP contribution in [0.25, 0.3) is 0 Å². The summed E-state index contributed by atoms with van der Waals surface area (Å²) in [6.07, 6.45) is -11.3. The largest absolute Gasteiger partial charge is 0.490 e. The van der Waals surface area contributed by atoms with Gasteiger partial charge in [0, 0.05) is 12.2 Å². The van der Waals surface area contributed by atoms with Gasteiger partial charge in [0.1, 0.15) is 0 Å². The molecule has 9 heteroatoms. The Labute approximate surface area is 68.8 Å². The fourth-order valence-corrected chi connectivity index (χ4v) is 0.396. The summed E-state index contributed by atoms with van der Waals surface area (Å²) in [6.45, 7) is -1.14. The highest BCUT2D eigenvalue weighted by atomic mass is 19.4. The first-order valence-electron chi connectivity index (χ1n) is 2.75. The maximum Gasteiger partial charge on any atom is 0.490 e. The van der Waals surface area contributed by atoms with Crippen LogP contribution in [-0.4, -0.2) is 31.6 Å². The van der Waals surface area contributed by atoms with Gasteiger partial charge in [-0.2, -0.15) is 26.3 Å². The highest BCUT2D eigenvalue weighted by Gasteiger charge is 2.55. The molecule has 80 valence electrons. The van der Waals surface area contributed by atoms with Crippen molar-refractivity contribution < 1.29 is 35.9 Å². The Balaban J connectivity index is 4.39. The van der Waals surface area contributed by atoms with Crippen molar-refractivity contribution >= 4 is 0 Å². The van der Waals surface area contributed by atoms with E-state index in [2.05, 4.69) is 9.57 Å². The van der Waals surface area contributed by atoms with Gasteiger partial charge in [0.25, 0.3) is 0 Å². The molecule has 0 rings (SSSR count). The number of alkyl halides is 6. The summed E-state index contributed by atoms with van der Waals surface area (Å²) >= 11 is 0. The highest BCUT2D eigenvalue weighted by molar-refractivity contribution is 4.50. The predicted molar refractivity (Wildman–Crippen MR) is 26.9 cm³/mol. The third-order valence-corrected chi connectivity index (χ3v) is 0.760. The molecule has 0 heterocycles. The van der Waals surface area contributed by atoms with Crippen LogP contribution in [-0.2, 0) is 9.57 Å². The lowest BCUT2D eigenvalue weighted by Gasteiger charge is -2.24. The lowest BCUT2D eigenvalue weighted by atomic mass is 10.9. The third-order valence-electron chi connectivity index (χ3n) is 0.760. The molecule has 13 heavy (non-hydrogen) atoms. The lowest BCUT2D eigenvalue weighted by Crippen LogP contribution is -2.48. The average Bonchev–Trinajstić information content (AvgIpc) is 1.81. The van der Waals surface area contributed by atoms with Crippen molar-refractivity contribution in [1.29, 1.82) is 0 Å². The van der Waals surface area contributed by atoms with Gasteiger partial charge in [-0.3, -0.25) is 4.84 Å². The number of hydrogen-bond acceptors (Lipinski definition) is 3. The van der Waals surface area contributed by atoms with Gasteiger partial charge < -0.3 is 4.74 Å². The van der Waals surface area contributed by atoms with E-state index >= 15 is 0 Å². The van der Waals surface area contributed by atoms with Gasteiger partial charge in [-0.05, 0) is 0 Å². The number of hydroxylamine groups is 2. The van der Waals surface area contributed by atoms with Gasteiger partial charge in [0.2, 0.25) is 0 Å². The van der Waals surface area contributed by atoms with E-state index in [1.54, 1.807) is 0 Å². The average molecular weight is 213 g/mol. The summed E-state index contributed by atoms with van der Waals surface area (Å²) in [5, 5.41) is -2.04. The van der Waals surface area contributed by atoms with Crippen LogP contribution in [0.1, 0.15) is 0 Å². The summed E-state index contributed by atoms with van der Waals surface area (Å²) < 4.78 is 73.3. The standard InChI is InChI=1S/C4H5F6NO2/c1-12-2-13-11(3(5,6)7)4(8,9)10/h2H2,1H3. The van der Waals surface area contributed by atoms with E-state index in [0.29, 0.717) is 0 Å². The van der Waals surface area contributed by atoms with Crippen molar-refractivity contribution in [2.75, 3.05) is 13.9 Å². The molecule has 0 amide bonds. The number of halogens is 6. The number of nitrogens with zero attached hydrogens (tertiary/aromatic N) is 1. The second-order valence-corrected chi connectivity index (χ2v) is 1.77. The molecule has 0 atom stereocenters. The smallest absolute Gasteiger partial charge is 0.357 e. The zero-order valence-electron chi connectivity index (χ0n) is 6.24. The molecule has 0 unspecified atom stereocenters. The van der Waals surface area contributed by atoms with Crippen molar-refractivity contribution in [2.45, 2.75) is 12.6 Å². The van der Waals surface area contributed by atoms with Gasteiger partial charge in [-0.25, -0.2) is 0 Å². The Kier molecular flexibility index (Phi) is 3.94. The number of ether oxygens (including phenoxy) is 1. The predicted octanol–water partition coefficient (Wildman–Crippen LogP) is 1.86. The minimum atomic E-state index is -5.64. The molecule has 0 fully saturated rings. The van der Waals surface area contributed by atoms with Crippen molar-refractivity contribution in [1.82, 2.24) is 5.06 Å². The first-order chi connectivity index (χ1) is 5.69. The Morgan fingerprint density at radius 3 is 1.62 bits per heavy atom. The van der Waals surface area contributed by atoms with E-state index in [1.165, 1.54) is 0 Å². The van der Waals surface area contributed by atoms with E-state index in [4.69, 9.17) is 0 Å². The first kappa shape index (κ1) is 12.5. The zero-order chi connectivity index (χ0) is 10.7. The molecule has 0 aromatic heterocycles. The Bertz CT molecular complexity index is 140. The van der Waals surface area contributed by atoms with Gasteiger partial charge in [-0.1, -0.05) is 0 Å². The summed E-state index contributed by atoms with van der Waals surface area (Å²) in [5.74, 6) is 0. The number of hydrogen-bond donors (Lipinski definition) is 0. The van der Waals surface area contributed by atoms with Crippen LogP contribution in [0.2, 0.25) is 0 Å². The lowest BCUT2D eigenvalue weighted by molar-refractivity contribution is -0.492. The summed E-state index contributed by atoms with van der Waals surface area (Å²) in [4.78, 5) is 3.28. The van der Waals surface area contributed by atoms with E-state index in [-0.39, 0.29) is 0 Å². The van der Waals surface area contributed by atoms with Crippen LogP contribution in [0, 0.1) is 0 Å². The topological polar surface area (TPSA) is 21.7 Å². The number of methoxy groups -OCH3 is 1. The number of rotatable bonds is 3. The normalized spacial score (nSPS) is 13.8. The summed E-state index contributed by atoms with van der Waals surface area (Å²) in [5.41, 5.74) is 0. The van der Waals surface area contributed by atoms with E-state index in [1.807, 2.05) is 0 Å². The third kappa shape index (κ3) is 4.29. The molecular weight excluding hydrogens is 208 g/mol. The van der Waals surface area contributed by atoms with E-state index in [9.17, 15) is 26.3 Å². The van der Waals surface area contributed by atoms with E-state index < -0.39 is 24.5 Å². The van der Waals surface area contributed by atoms with Gasteiger partial charge >= 0.3 is 12.6 Å². The maximum absolute atomic E-state index is 11.6. The Hall–Kier alpha value is -0.540. The highest BCUT2D eigenvalue weighted by Crippen LogP contribution is 2.33. The fraction of sp³-hybridized carbons (Fsp3) is 1.00. The van der Waals surface area contributed by atoms with Crippen molar-refractivity contribution in [3.05, 3.63) is 0 Å². The summed E-state index contributed by atoms with van der Waals surface area (Å²) in [7, 11) is 0.894. The van der Waals surface area contributed by atoms with Crippen LogP contribution in [0.15, 0.2) is 0 Å². The molecule has 0 saturated carbocycles. The van der Waals surface area contributed by atoms with Crippen molar-refractivity contribution in [3.8, 4) is 0 Å². The van der Waals surface area contributed by atoms with Crippen molar-refractivity contribution in [2.24, 2.45) is 0 Å². The molecule has 0 saturated heterocycles. The molecule has 3 nitrogen and oxygen atoms in total. The second-order valence-electron chi connectivity index (χ2n) is 1.77. The Morgan fingerprint density at radius 2 is 1.38 bits per heavy atom. The van der Waals surface area contributed by atoms with Gasteiger partial charge in [0.05, 0.1) is 0 Å². The summed E-state index contributed by atoms with van der Waals surface area (Å²) in [6, 6.07) is 0. The molecule has 0 aliphatic carbocycles. The molecular formula is C4H5F6NO2. The molecule has 0 bridgehead atoms. The Morgan fingerprint density at radius 1 is 1.00 bits per heavy atom. The quantitative estimate of drug-likeness (QED) is 0.309. The van der Waals surface area contributed by atoms with Crippen LogP contribution in [0.4, 0.5) is 26.3 Å². The molecule has 0 radical (unpaired) electrons. The minimum absolute atomic E-state index is 0.894. The monoisotopic (exact) mass is 213 g/mol. The SMILES string of the molecule is COCON(C(F)(F)F)C(F)(F)F. The molecule has 0 aliphatic rings. The van der Waals surface area contributed by atoms with Crippen LogP contribution in [0.3, 0.4) is 0 Å². The zero-order valence-corrected chi connectivity index (χ0v) is 6.24. The van der Waals surface area contributed by atoms with Crippen LogP contribution >= 0.6 is 0 Å².